The maximum Gasteiger partial charge on any atom is 0.127 e. The van der Waals surface area contributed by atoms with Crippen LogP contribution in [0.5, 0.6) is 11.5 Å². The Morgan fingerprint density at radius 2 is 2.08 bits per heavy atom. The van der Waals surface area contributed by atoms with Crippen molar-refractivity contribution in [3.8, 4) is 11.5 Å². The SMILES string of the molecule is C=CCn1cc(CN(C)[C@@H](C)c2ccc(OC)cc2OC)c(C)n1. The number of benzene rings is 1. The highest BCUT2D eigenvalue weighted by Crippen LogP contribution is 2.32. The van der Waals surface area contributed by atoms with Crippen molar-refractivity contribution in [1.82, 2.24) is 14.7 Å². The van der Waals surface area contributed by atoms with Gasteiger partial charge in [-0.05, 0) is 27.0 Å². The first-order chi connectivity index (χ1) is 11.5. The van der Waals surface area contributed by atoms with E-state index < -0.39 is 0 Å². The Morgan fingerprint density at radius 3 is 2.71 bits per heavy atom. The lowest BCUT2D eigenvalue weighted by Gasteiger charge is -2.26. The van der Waals surface area contributed by atoms with Crippen LogP contribution in [0.3, 0.4) is 0 Å². The molecular formula is C19H27N3O2. The minimum atomic E-state index is 0.202. The van der Waals surface area contributed by atoms with Gasteiger partial charge in [-0.2, -0.15) is 5.10 Å². The summed E-state index contributed by atoms with van der Waals surface area (Å²) in [7, 11) is 5.46. The minimum Gasteiger partial charge on any atom is -0.497 e. The highest BCUT2D eigenvalue weighted by atomic mass is 16.5. The van der Waals surface area contributed by atoms with Gasteiger partial charge in [-0.3, -0.25) is 9.58 Å². The van der Waals surface area contributed by atoms with E-state index in [0.717, 1.165) is 35.8 Å². The predicted molar refractivity (Wildman–Crippen MR) is 96.6 cm³/mol. The first-order valence-electron chi connectivity index (χ1n) is 8.06. The minimum absolute atomic E-state index is 0.202. The molecule has 0 aliphatic carbocycles. The number of aryl methyl sites for hydroxylation is 1. The zero-order valence-electron chi connectivity index (χ0n) is 15.2. The molecule has 5 nitrogen and oxygen atoms in total. The van der Waals surface area contributed by atoms with Crippen molar-refractivity contribution in [2.75, 3.05) is 21.3 Å². The second kappa shape index (κ2) is 8.02. The standard InChI is InChI=1S/C19H27N3O2/c1-7-10-22-13-16(14(2)20-22)12-21(4)15(3)18-9-8-17(23-5)11-19(18)24-6/h7-9,11,13,15H,1,10,12H2,2-6H3/t15-/m0/s1. The molecule has 0 spiro atoms. The van der Waals surface area contributed by atoms with Crippen LogP contribution < -0.4 is 9.47 Å². The van der Waals surface area contributed by atoms with E-state index in [4.69, 9.17) is 9.47 Å². The average molecular weight is 329 g/mol. The second-order valence-corrected chi connectivity index (χ2v) is 5.95. The number of ether oxygens (including phenoxy) is 2. The van der Waals surface area contributed by atoms with Crippen LogP contribution in [0.2, 0.25) is 0 Å². The summed E-state index contributed by atoms with van der Waals surface area (Å²) in [4.78, 5) is 2.28. The van der Waals surface area contributed by atoms with Crippen LogP contribution in [0, 0.1) is 6.92 Å². The summed E-state index contributed by atoms with van der Waals surface area (Å²) in [5.41, 5.74) is 3.41. The maximum absolute atomic E-state index is 5.53. The molecule has 24 heavy (non-hydrogen) atoms. The predicted octanol–water partition coefficient (Wildman–Crippen LogP) is 3.59. The lowest BCUT2D eigenvalue weighted by Crippen LogP contribution is -2.22. The molecule has 0 bridgehead atoms. The Balaban J connectivity index is 2.17. The van der Waals surface area contributed by atoms with Crippen molar-refractivity contribution in [3.05, 3.63) is 53.9 Å². The average Bonchev–Trinajstić information content (AvgIpc) is 2.93. The molecule has 1 aromatic carbocycles. The van der Waals surface area contributed by atoms with E-state index in [1.807, 2.05) is 29.8 Å². The van der Waals surface area contributed by atoms with Gasteiger partial charge in [-0.15, -0.1) is 6.58 Å². The third-order valence-electron chi connectivity index (χ3n) is 4.34. The number of hydrogen-bond acceptors (Lipinski definition) is 4. The van der Waals surface area contributed by atoms with Crippen molar-refractivity contribution < 1.29 is 9.47 Å². The summed E-state index contributed by atoms with van der Waals surface area (Å²) in [5.74, 6) is 1.64. The van der Waals surface area contributed by atoms with Gasteiger partial charge in [0.15, 0.2) is 0 Å². The molecule has 5 heteroatoms. The summed E-state index contributed by atoms with van der Waals surface area (Å²) < 4.78 is 12.7. The molecule has 0 saturated heterocycles. The smallest absolute Gasteiger partial charge is 0.127 e. The van der Waals surface area contributed by atoms with Crippen molar-refractivity contribution in [2.24, 2.45) is 0 Å². The van der Waals surface area contributed by atoms with Crippen molar-refractivity contribution >= 4 is 0 Å². The quantitative estimate of drug-likeness (QED) is 0.694. The number of hydrogen-bond donors (Lipinski definition) is 0. The molecular weight excluding hydrogens is 302 g/mol. The monoisotopic (exact) mass is 329 g/mol. The van der Waals surface area contributed by atoms with Gasteiger partial charge in [0.1, 0.15) is 11.5 Å². The second-order valence-electron chi connectivity index (χ2n) is 5.95. The third-order valence-corrected chi connectivity index (χ3v) is 4.34. The molecule has 1 heterocycles. The normalized spacial score (nSPS) is 12.2. The highest BCUT2D eigenvalue weighted by Gasteiger charge is 2.18. The molecule has 0 fully saturated rings. The Hall–Kier alpha value is -2.27. The van der Waals surface area contributed by atoms with Gasteiger partial charge in [0.25, 0.3) is 0 Å². The Morgan fingerprint density at radius 1 is 1.33 bits per heavy atom. The maximum atomic E-state index is 5.53. The Bertz CT molecular complexity index is 694. The van der Waals surface area contributed by atoms with Crippen LogP contribution in [0.15, 0.2) is 37.1 Å². The molecule has 2 rings (SSSR count). The molecule has 0 unspecified atom stereocenters. The summed E-state index contributed by atoms with van der Waals surface area (Å²) in [5, 5.41) is 4.52. The van der Waals surface area contributed by atoms with Gasteiger partial charge in [0.2, 0.25) is 0 Å². The molecule has 0 amide bonds. The number of allylic oxidation sites excluding steroid dienone is 1. The summed E-state index contributed by atoms with van der Waals surface area (Å²) >= 11 is 0. The molecule has 0 aliphatic rings. The molecule has 130 valence electrons. The molecule has 0 aliphatic heterocycles. The van der Waals surface area contributed by atoms with E-state index >= 15 is 0 Å². The highest BCUT2D eigenvalue weighted by molar-refractivity contribution is 5.42. The zero-order chi connectivity index (χ0) is 17.7. The van der Waals surface area contributed by atoms with Crippen molar-refractivity contribution in [1.29, 1.82) is 0 Å². The first-order valence-corrected chi connectivity index (χ1v) is 8.06. The van der Waals surface area contributed by atoms with Crippen LogP contribution in [0.25, 0.3) is 0 Å². The summed E-state index contributed by atoms with van der Waals surface area (Å²) in [6.07, 6.45) is 3.94. The third kappa shape index (κ3) is 3.97. The number of aromatic nitrogens is 2. The fraction of sp³-hybridized carbons (Fsp3) is 0.421. The van der Waals surface area contributed by atoms with E-state index in [1.165, 1.54) is 5.56 Å². The van der Waals surface area contributed by atoms with E-state index in [-0.39, 0.29) is 6.04 Å². The van der Waals surface area contributed by atoms with Crippen LogP contribution >= 0.6 is 0 Å². The van der Waals surface area contributed by atoms with Gasteiger partial charge in [-0.25, -0.2) is 0 Å². The Labute approximate surface area is 144 Å². The summed E-state index contributed by atoms with van der Waals surface area (Å²) in [6, 6.07) is 6.16. The number of nitrogens with zero attached hydrogens (tertiary/aromatic N) is 3. The largest absolute Gasteiger partial charge is 0.497 e. The van der Waals surface area contributed by atoms with E-state index in [1.54, 1.807) is 14.2 Å². The van der Waals surface area contributed by atoms with Crippen molar-refractivity contribution in [2.45, 2.75) is 33.0 Å². The lowest BCUT2D eigenvalue weighted by molar-refractivity contribution is 0.246. The van der Waals surface area contributed by atoms with Crippen LogP contribution in [-0.2, 0) is 13.1 Å². The van der Waals surface area contributed by atoms with Gasteiger partial charge in [-0.1, -0.05) is 12.1 Å². The van der Waals surface area contributed by atoms with E-state index in [9.17, 15) is 0 Å². The van der Waals surface area contributed by atoms with Crippen LogP contribution in [-0.4, -0.2) is 35.9 Å². The molecule has 1 aromatic heterocycles. The van der Waals surface area contributed by atoms with Gasteiger partial charge < -0.3 is 9.47 Å². The van der Waals surface area contributed by atoms with Gasteiger partial charge in [0, 0.05) is 36.0 Å². The van der Waals surface area contributed by atoms with Gasteiger partial charge in [0.05, 0.1) is 26.5 Å². The zero-order valence-corrected chi connectivity index (χ0v) is 15.2. The van der Waals surface area contributed by atoms with Crippen molar-refractivity contribution in [3.63, 3.8) is 0 Å². The lowest BCUT2D eigenvalue weighted by atomic mass is 10.0. The fourth-order valence-electron chi connectivity index (χ4n) is 2.75. The fourth-order valence-corrected chi connectivity index (χ4v) is 2.75. The van der Waals surface area contributed by atoms with E-state index in [2.05, 4.69) is 42.8 Å². The molecule has 0 N–H and O–H groups in total. The topological polar surface area (TPSA) is 39.5 Å². The molecule has 0 saturated carbocycles. The Kier molecular flexibility index (Phi) is 6.04. The van der Waals surface area contributed by atoms with Crippen LogP contribution in [0.4, 0.5) is 0 Å². The van der Waals surface area contributed by atoms with Crippen LogP contribution in [0.1, 0.15) is 29.8 Å². The number of rotatable bonds is 8. The van der Waals surface area contributed by atoms with Gasteiger partial charge >= 0.3 is 0 Å². The number of methoxy groups -OCH3 is 2. The molecule has 2 aromatic rings. The first kappa shape index (κ1) is 18.1. The molecule has 1 atom stereocenters. The molecule has 0 radical (unpaired) electrons. The van der Waals surface area contributed by atoms with E-state index in [0.29, 0.717) is 0 Å². The summed E-state index contributed by atoms with van der Waals surface area (Å²) in [6.45, 7) is 9.53.